The number of carbonyl (C=O) groups excluding carboxylic acids is 1. The van der Waals surface area contributed by atoms with E-state index in [1.165, 1.54) is 49.5 Å². The molecular formula is C27H37N3O2. The molecule has 4 heterocycles. The number of piperidine rings is 1. The second kappa shape index (κ2) is 10.3. The van der Waals surface area contributed by atoms with Gasteiger partial charge >= 0.3 is 0 Å². The van der Waals surface area contributed by atoms with Crippen molar-refractivity contribution in [1.82, 2.24) is 14.8 Å². The molecule has 1 unspecified atom stereocenters. The maximum atomic E-state index is 13.4. The number of fused-ring (bicyclic) bond motifs is 1. The fourth-order valence-electron chi connectivity index (χ4n) is 6.11. The summed E-state index contributed by atoms with van der Waals surface area (Å²) in [7, 11) is 0. The van der Waals surface area contributed by atoms with Crippen LogP contribution < -0.4 is 0 Å². The van der Waals surface area contributed by atoms with Crippen LogP contribution in [-0.2, 0) is 16.1 Å². The first-order chi connectivity index (χ1) is 15.8. The van der Waals surface area contributed by atoms with Gasteiger partial charge in [0.05, 0.1) is 5.52 Å². The van der Waals surface area contributed by atoms with Gasteiger partial charge in [-0.1, -0.05) is 37.1 Å². The molecule has 3 aliphatic heterocycles. The number of para-hydroxylation sites is 1. The highest BCUT2D eigenvalue weighted by atomic mass is 16.5. The Morgan fingerprint density at radius 3 is 2.59 bits per heavy atom. The van der Waals surface area contributed by atoms with Gasteiger partial charge in [-0.2, -0.15) is 0 Å². The number of likely N-dealkylation sites (tertiary alicyclic amines) is 2. The third-order valence-corrected chi connectivity index (χ3v) is 7.94. The highest BCUT2D eigenvalue weighted by molar-refractivity contribution is 5.81. The Labute approximate surface area is 192 Å². The van der Waals surface area contributed by atoms with Gasteiger partial charge in [0.1, 0.15) is 0 Å². The summed E-state index contributed by atoms with van der Waals surface area (Å²) >= 11 is 0. The highest BCUT2D eigenvalue weighted by Crippen LogP contribution is 2.33. The third kappa shape index (κ3) is 4.84. The Morgan fingerprint density at radius 2 is 1.75 bits per heavy atom. The topological polar surface area (TPSA) is 45.7 Å². The minimum Gasteiger partial charge on any atom is -0.381 e. The number of benzene rings is 1. The van der Waals surface area contributed by atoms with Crippen LogP contribution in [0.4, 0.5) is 0 Å². The number of aromatic nitrogens is 1. The fraction of sp³-hybridized carbons (Fsp3) is 0.630. The summed E-state index contributed by atoms with van der Waals surface area (Å²) in [6, 6.07) is 11.1. The van der Waals surface area contributed by atoms with E-state index in [-0.39, 0.29) is 5.92 Å². The summed E-state index contributed by atoms with van der Waals surface area (Å²) in [6.07, 6.45) is 11.0. The maximum absolute atomic E-state index is 13.4. The smallest absolute Gasteiger partial charge is 0.226 e. The molecule has 3 saturated heterocycles. The Bertz CT molecular complexity index is 897. The van der Waals surface area contributed by atoms with Crippen LogP contribution in [0.15, 0.2) is 36.5 Å². The van der Waals surface area contributed by atoms with E-state index in [2.05, 4.69) is 39.0 Å². The van der Waals surface area contributed by atoms with Gasteiger partial charge in [0.25, 0.3) is 0 Å². The molecule has 5 heteroatoms. The van der Waals surface area contributed by atoms with E-state index in [1.807, 2.05) is 12.3 Å². The Kier molecular flexibility index (Phi) is 7.03. The summed E-state index contributed by atoms with van der Waals surface area (Å²) < 4.78 is 5.51. The molecule has 1 aromatic carbocycles. The molecule has 1 amide bonds. The zero-order valence-corrected chi connectivity index (χ0v) is 19.3. The second-order valence-corrected chi connectivity index (χ2v) is 9.94. The molecular weight excluding hydrogens is 398 g/mol. The molecule has 0 saturated carbocycles. The van der Waals surface area contributed by atoms with Crippen molar-refractivity contribution in [2.24, 2.45) is 11.8 Å². The number of hydrogen-bond donors (Lipinski definition) is 0. The van der Waals surface area contributed by atoms with E-state index in [0.29, 0.717) is 17.9 Å². The van der Waals surface area contributed by atoms with Crippen LogP contribution in [-0.4, -0.2) is 59.6 Å². The highest BCUT2D eigenvalue weighted by Gasteiger charge is 2.36. The van der Waals surface area contributed by atoms with E-state index in [0.717, 1.165) is 57.8 Å². The van der Waals surface area contributed by atoms with Crippen molar-refractivity contribution in [3.8, 4) is 0 Å². The maximum Gasteiger partial charge on any atom is 0.226 e. The summed E-state index contributed by atoms with van der Waals surface area (Å²) in [5, 5.41) is 1.22. The normalized spacial score (nSPS) is 24.5. The van der Waals surface area contributed by atoms with Crippen molar-refractivity contribution in [1.29, 1.82) is 0 Å². The van der Waals surface area contributed by atoms with E-state index in [9.17, 15) is 4.79 Å². The lowest BCUT2D eigenvalue weighted by atomic mass is 9.85. The molecule has 5 nitrogen and oxygen atoms in total. The van der Waals surface area contributed by atoms with Crippen LogP contribution in [0.5, 0.6) is 0 Å². The summed E-state index contributed by atoms with van der Waals surface area (Å²) in [6.45, 7) is 5.65. The first-order valence-corrected chi connectivity index (χ1v) is 12.7. The summed E-state index contributed by atoms with van der Waals surface area (Å²) in [5.41, 5.74) is 2.46. The van der Waals surface area contributed by atoms with E-state index in [4.69, 9.17) is 4.74 Å². The van der Waals surface area contributed by atoms with Crippen molar-refractivity contribution in [3.63, 3.8) is 0 Å². The van der Waals surface area contributed by atoms with Gasteiger partial charge in [-0.05, 0) is 69.2 Å². The zero-order valence-electron chi connectivity index (χ0n) is 19.3. The molecule has 0 bridgehead atoms. The molecule has 0 radical (unpaired) electrons. The monoisotopic (exact) mass is 435 g/mol. The van der Waals surface area contributed by atoms with Crippen molar-refractivity contribution in [2.45, 2.75) is 64.0 Å². The summed E-state index contributed by atoms with van der Waals surface area (Å²) in [5.74, 6) is 1.24. The van der Waals surface area contributed by atoms with Crippen LogP contribution in [0.2, 0.25) is 0 Å². The van der Waals surface area contributed by atoms with Gasteiger partial charge in [0, 0.05) is 49.8 Å². The zero-order chi connectivity index (χ0) is 21.8. The number of hydrogen-bond acceptors (Lipinski definition) is 4. The van der Waals surface area contributed by atoms with Crippen LogP contribution in [0, 0.1) is 11.8 Å². The van der Waals surface area contributed by atoms with E-state index >= 15 is 0 Å². The Morgan fingerprint density at radius 1 is 0.938 bits per heavy atom. The molecule has 32 heavy (non-hydrogen) atoms. The van der Waals surface area contributed by atoms with Crippen LogP contribution in [0.25, 0.3) is 10.9 Å². The quantitative estimate of drug-likeness (QED) is 0.702. The van der Waals surface area contributed by atoms with Gasteiger partial charge in [0.2, 0.25) is 5.91 Å². The molecule has 0 aliphatic carbocycles. The number of carbonyl (C=O) groups is 1. The number of rotatable bonds is 4. The Balaban J connectivity index is 1.23. The first-order valence-electron chi connectivity index (χ1n) is 12.7. The lowest BCUT2D eigenvalue weighted by Gasteiger charge is -2.42. The number of amides is 1. The van der Waals surface area contributed by atoms with Crippen molar-refractivity contribution >= 4 is 16.8 Å². The van der Waals surface area contributed by atoms with Gasteiger partial charge in [0.15, 0.2) is 0 Å². The lowest BCUT2D eigenvalue weighted by molar-refractivity contribution is -0.142. The minimum absolute atomic E-state index is 0.184. The van der Waals surface area contributed by atoms with Gasteiger partial charge in [-0.25, -0.2) is 0 Å². The molecule has 1 aromatic heterocycles. The average molecular weight is 436 g/mol. The molecule has 1 atom stereocenters. The Hall–Kier alpha value is -1.98. The minimum atomic E-state index is 0.184. The van der Waals surface area contributed by atoms with Crippen LogP contribution in [0.1, 0.15) is 56.9 Å². The van der Waals surface area contributed by atoms with Gasteiger partial charge in [-0.15, -0.1) is 0 Å². The average Bonchev–Trinajstić information content (AvgIpc) is 3.11. The van der Waals surface area contributed by atoms with Crippen LogP contribution >= 0.6 is 0 Å². The van der Waals surface area contributed by atoms with E-state index in [1.54, 1.807) is 0 Å². The standard InChI is InChI=1S/C27H37N3O2/c31-27(23-12-18-32-19-13-23)30-15-3-1-2-9-25(30)21-10-16-29(17-11-21)20-24-7-4-6-22-8-5-14-28-26(22)24/h4-8,14,21,23,25H,1-3,9-13,15-20H2. The molecule has 5 rings (SSSR count). The predicted molar refractivity (Wildman–Crippen MR) is 127 cm³/mol. The van der Waals surface area contributed by atoms with Crippen molar-refractivity contribution in [3.05, 3.63) is 42.1 Å². The van der Waals surface area contributed by atoms with Gasteiger partial charge < -0.3 is 9.64 Å². The molecule has 3 fully saturated rings. The third-order valence-electron chi connectivity index (χ3n) is 7.94. The van der Waals surface area contributed by atoms with Crippen molar-refractivity contribution < 1.29 is 9.53 Å². The molecule has 172 valence electrons. The lowest BCUT2D eigenvalue weighted by Crippen LogP contribution is -2.50. The van der Waals surface area contributed by atoms with E-state index < -0.39 is 0 Å². The number of pyridine rings is 1. The molecule has 3 aliphatic rings. The number of nitrogens with zero attached hydrogens (tertiary/aromatic N) is 3. The fourth-order valence-corrected chi connectivity index (χ4v) is 6.11. The first kappa shape index (κ1) is 21.8. The van der Waals surface area contributed by atoms with Crippen LogP contribution in [0.3, 0.4) is 0 Å². The molecule has 0 N–H and O–H groups in total. The SMILES string of the molecule is O=C(C1CCOCC1)N1CCCCCC1C1CCN(Cc2cccc3cccnc23)CC1. The van der Waals surface area contributed by atoms with Crippen molar-refractivity contribution in [2.75, 3.05) is 32.8 Å². The predicted octanol–water partition coefficient (Wildman–Crippen LogP) is 4.64. The van der Waals surface area contributed by atoms with Gasteiger partial charge in [-0.3, -0.25) is 14.7 Å². The number of ether oxygens (including phenoxy) is 1. The molecule has 0 spiro atoms. The largest absolute Gasteiger partial charge is 0.381 e. The summed E-state index contributed by atoms with van der Waals surface area (Å²) in [4.78, 5) is 23.0. The second-order valence-electron chi connectivity index (χ2n) is 9.94. The molecule has 2 aromatic rings.